The second kappa shape index (κ2) is 9.15. The van der Waals surface area contributed by atoms with Gasteiger partial charge in [0.05, 0.1) is 30.8 Å². The average Bonchev–Trinajstić information content (AvgIpc) is 3.27. The van der Waals surface area contributed by atoms with Gasteiger partial charge in [-0.25, -0.2) is 4.98 Å². The highest BCUT2D eigenvalue weighted by atomic mass is 79.9. The van der Waals surface area contributed by atoms with Crippen LogP contribution < -0.4 is 15.0 Å². The van der Waals surface area contributed by atoms with Gasteiger partial charge in [0, 0.05) is 15.4 Å². The Kier molecular flexibility index (Phi) is 5.90. The van der Waals surface area contributed by atoms with Crippen molar-refractivity contribution in [3.05, 3.63) is 87.1 Å². The summed E-state index contributed by atoms with van der Waals surface area (Å²) >= 11 is 3.48. The molecule has 3 aromatic carbocycles. The summed E-state index contributed by atoms with van der Waals surface area (Å²) in [4.78, 5) is 18.2. The highest BCUT2D eigenvalue weighted by Gasteiger charge is 2.17. The summed E-state index contributed by atoms with van der Waals surface area (Å²) in [5, 5.41) is 5.86. The van der Waals surface area contributed by atoms with E-state index in [4.69, 9.17) is 18.9 Å². The third-order valence-corrected chi connectivity index (χ3v) is 5.78. The second-order valence-electron chi connectivity index (χ2n) is 7.42. The van der Waals surface area contributed by atoms with Crippen LogP contribution in [0, 0.1) is 0 Å². The summed E-state index contributed by atoms with van der Waals surface area (Å²) in [6, 6.07) is 20.2. The predicted octanol–water partition coefficient (Wildman–Crippen LogP) is 5.86. The Labute approximate surface area is 203 Å². The van der Waals surface area contributed by atoms with Crippen molar-refractivity contribution in [3.8, 4) is 23.1 Å². The molecule has 0 N–H and O–H groups in total. The number of methoxy groups -OCH3 is 1. The number of fused-ring (bicyclic) bond motifs is 2. The third-order valence-electron chi connectivity index (χ3n) is 5.28. The van der Waals surface area contributed by atoms with E-state index in [-0.39, 0.29) is 5.56 Å². The summed E-state index contributed by atoms with van der Waals surface area (Å²) in [6.45, 7) is 2.35. The van der Waals surface area contributed by atoms with Crippen molar-refractivity contribution in [2.45, 2.75) is 6.92 Å². The van der Waals surface area contributed by atoms with Crippen LogP contribution in [0.2, 0.25) is 0 Å². The van der Waals surface area contributed by atoms with E-state index in [0.717, 1.165) is 9.86 Å². The zero-order chi connectivity index (χ0) is 23.7. The van der Waals surface area contributed by atoms with Crippen molar-refractivity contribution in [3.63, 3.8) is 0 Å². The van der Waals surface area contributed by atoms with E-state index in [0.29, 0.717) is 51.7 Å². The molecule has 2 heterocycles. The van der Waals surface area contributed by atoms with E-state index in [2.05, 4.69) is 21.0 Å². The monoisotopic (exact) mass is 517 g/mol. The molecular weight excluding hydrogens is 498 g/mol. The molecule has 0 aliphatic heterocycles. The van der Waals surface area contributed by atoms with E-state index in [1.807, 2.05) is 55.5 Å². The molecule has 0 amide bonds. The number of furan rings is 1. The second-order valence-corrected chi connectivity index (χ2v) is 8.33. The smallest absolute Gasteiger partial charge is 0.282 e. The van der Waals surface area contributed by atoms with Crippen LogP contribution in [-0.2, 0) is 0 Å². The number of hydrogen-bond donors (Lipinski definition) is 0. The molecule has 0 fully saturated rings. The molecule has 0 spiro atoms. The van der Waals surface area contributed by atoms with Crippen molar-refractivity contribution in [2.75, 3.05) is 13.7 Å². The molecule has 170 valence electrons. The van der Waals surface area contributed by atoms with Crippen molar-refractivity contribution in [2.24, 2.45) is 5.10 Å². The molecule has 0 saturated carbocycles. The molecule has 5 rings (SSSR count). The van der Waals surface area contributed by atoms with Gasteiger partial charge in [-0.2, -0.15) is 9.78 Å². The lowest BCUT2D eigenvalue weighted by atomic mass is 10.2. The maximum atomic E-state index is 13.5. The fourth-order valence-corrected chi connectivity index (χ4v) is 4.11. The molecule has 0 atom stereocenters. The number of benzene rings is 3. The Hall–Kier alpha value is -3.91. The first-order chi connectivity index (χ1) is 16.6. The minimum Gasteiger partial charge on any atom is -0.493 e. The number of nitrogens with zero attached hydrogens (tertiary/aromatic N) is 3. The van der Waals surface area contributed by atoms with Gasteiger partial charge in [0.25, 0.3) is 5.56 Å². The van der Waals surface area contributed by atoms with Crippen LogP contribution in [-0.4, -0.2) is 29.6 Å². The molecule has 0 aliphatic rings. The van der Waals surface area contributed by atoms with E-state index in [1.54, 1.807) is 31.5 Å². The summed E-state index contributed by atoms with van der Waals surface area (Å²) in [5.74, 6) is 1.86. The first kappa shape index (κ1) is 21.9. The standard InChI is InChI=1S/C26H20BrN3O4/c1-3-33-24-16(7-6-10-22(24)32-2)15-28-30-25(29-20-9-5-4-8-19(20)26(30)31)23-14-17-13-18(27)11-12-21(17)34-23/h4-15H,3H2,1-2H3. The zero-order valence-electron chi connectivity index (χ0n) is 18.5. The SMILES string of the molecule is CCOc1c(C=Nn2c(-c3cc4cc(Br)ccc4o3)nc3ccccc3c2=O)cccc1OC. The summed E-state index contributed by atoms with van der Waals surface area (Å²) < 4.78 is 19.4. The molecule has 0 unspecified atom stereocenters. The van der Waals surface area contributed by atoms with Crippen molar-refractivity contribution in [1.29, 1.82) is 0 Å². The van der Waals surface area contributed by atoms with Crippen molar-refractivity contribution < 1.29 is 13.9 Å². The number of halogens is 1. The predicted molar refractivity (Wildman–Crippen MR) is 136 cm³/mol. The Balaban J connectivity index is 1.72. The molecular formula is C26H20BrN3O4. The average molecular weight is 518 g/mol. The number of para-hydroxylation sites is 2. The summed E-state index contributed by atoms with van der Waals surface area (Å²) in [6.07, 6.45) is 1.56. The number of rotatable bonds is 6. The van der Waals surface area contributed by atoms with Crippen molar-refractivity contribution >= 4 is 44.0 Å². The molecule has 8 heteroatoms. The summed E-state index contributed by atoms with van der Waals surface area (Å²) in [7, 11) is 1.58. The fourth-order valence-electron chi connectivity index (χ4n) is 3.73. The van der Waals surface area contributed by atoms with Crippen molar-refractivity contribution in [1.82, 2.24) is 9.66 Å². The molecule has 7 nitrogen and oxygen atoms in total. The molecule has 0 bridgehead atoms. The number of hydrogen-bond acceptors (Lipinski definition) is 6. The molecule has 5 aromatic rings. The van der Waals surface area contributed by atoms with Crippen LogP contribution in [0.25, 0.3) is 33.5 Å². The number of aromatic nitrogens is 2. The first-order valence-electron chi connectivity index (χ1n) is 10.6. The summed E-state index contributed by atoms with van der Waals surface area (Å²) in [5.41, 5.74) is 1.61. The minimum atomic E-state index is -0.306. The normalized spacial score (nSPS) is 11.5. The minimum absolute atomic E-state index is 0.299. The Morgan fingerprint density at radius 1 is 1.12 bits per heavy atom. The lowest BCUT2D eigenvalue weighted by molar-refractivity contribution is 0.310. The van der Waals surface area contributed by atoms with Crippen LogP contribution in [0.15, 0.2) is 85.5 Å². The zero-order valence-corrected chi connectivity index (χ0v) is 20.1. The van der Waals surface area contributed by atoms with Gasteiger partial charge in [-0.3, -0.25) is 4.79 Å². The lowest BCUT2D eigenvalue weighted by Crippen LogP contribution is -2.20. The molecule has 0 aliphatic carbocycles. The highest BCUT2D eigenvalue weighted by Crippen LogP contribution is 2.31. The number of ether oxygens (including phenoxy) is 2. The van der Waals surface area contributed by atoms with Crippen LogP contribution >= 0.6 is 15.9 Å². The van der Waals surface area contributed by atoms with E-state index < -0.39 is 0 Å². The van der Waals surface area contributed by atoms with Crippen LogP contribution in [0.1, 0.15) is 12.5 Å². The highest BCUT2D eigenvalue weighted by molar-refractivity contribution is 9.10. The van der Waals surface area contributed by atoms with Gasteiger partial charge in [0.15, 0.2) is 17.3 Å². The topological polar surface area (TPSA) is 78.9 Å². The van der Waals surface area contributed by atoms with E-state index in [1.165, 1.54) is 4.68 Å². The fraction of sp³-hybridized carbons (Fsp3) is 0.115. The van der Waals surface area contributed by atoms with Gasteiger partial charge in [-0.1, -0.05) is 34.1 Å². The van der Waals surface area contributed by atoms with Crippen LogP contribution in [0.3, 0.4) is 0 Å². The molecule has 2 aromatic heterocycles. The first-order valence-corrected chi connectivity index (χ1v) is 11.4. The lowest BCUT2D eigenvalue weighted by Gasteiger charge is -2.12. The largest absolute Gasteiger partial charge is 0.493 e. The van der Waals surface area contributed by atoms with Gasteiger partial charge in [0.1, 0.15) is 5.58 Å². The van der Waals surface area contributed by atoms with Crippen LogP contribution in [0.4, 0.5) is 0 Å². The Morgan fingerprint density at radius 3 is 2.79 bits per heavy atom. The van der Waals surface area contributed by atoms with E-state index in [9.17, 15) is 4.79 Å². The quantitative estimate of drug-likeness (QED) is 0.263. The maximum Gasteiger partial charge on any atom is 0.282 e. The van der Waals surface area contributed by atoms with Gasteiger partial charge < -0.3 is 13.9 Å². The Morgan fingerprint density at radius 2 is 1.97 bits per heavy atom. The molecule has 34 heavy (non-hydrogen) atoms. The van der Waals surface area contributed by atoms with Gasteiger partial charge >= 0.3 is 0 Å². The molecule has 0 radical (unpaired) electrons. The van der Waals surface area contributed by atoms with Gasteiger partial charge in [0.2, 0.25) is 5.82 Å². The van der Waals surface area contributed by atoms with Crippen LogP contribution in [0.5, 0.6) is 11.5 Å². The van der Waals surface area contributed by atoms with Gasteiger partial charge in [-0.05, 0) is 55.5 Å². The third kappa shape index (κ3) is 3.97. The molecule has 0 saturated heterocycles. The van der Waals surface area contributed by atoms with E-state index >= 15 is 0 Å². The Bertz CT molecular complexity index is 1600. The maximum absolute atomic E-state index is 13.5. The van der Waals surface area contributed by atoms with Gasteiger partial charge in [-0.15, -0.1) is 0 Å².